The molecule has 0 aliphatic rings. The minimum atomic E-state index is -0.241. The fraction of sp³-hybridized carbons (Fsp3) is 0.333. The highest BCUT2D eigenvalue weighted by Crippen LogP contribution is 2.15. The van der Waals surface area contributed by atoms with Gasteiger partial charge in [-0.3, -0.25) is 9.59 Å². The molecule has 0 unspecified atom stereocenters. The van der Waals surface area contributed by atoms with Crippen LogP contribution in [-0.4, -0.2) is 38.7 Å². The van der Waals surface area contributed by atoms with Gasteiger partial charge in [-0.15, -0.1) is 0 Å². The Morgan fingerprint density at radius 3 is 2.44 bits per heavy atom. The standard InChI is InChI=1S/C21H26N2O4/c1-3-13-27-19-10-8-16(9-11-19)21(25)23-18-7-4-6-17(15-18)20(24)22-12-5-14-26-2/h4,6-11,15H,3,5,12-14H2,1-2H3,(H,22,24)(H,23,25). The SMILES string of the molecule is CCCOc1ccc(C(=O)Nc2cccc(C(=O)NCCCOC)c2)cc1. The molecule has 2 amide bonds. The van der Waals surface area contributed by atoms with E-state index in [-0.39, 0.29) is 11.8 Å². The Morgan fingerprint density at radius 2 is 1.74 bits per heavy atom. The Hall–Kier alpha value is -2.86. The van der Waals surface area contributed by atoms with Crippen LogP contribution in [0.5, 0.6) is 5.75 Å². The van der Waals surface area contributed by atoms with E-state index in [9.17, 15) is 9.59 Å². The van der Waals surface area contributed by atoms with Gasteiger partial charge in [0.1, 0.15) is 5.75 Å². The Bertz CT molecular complexity index is 744. The molecule has 2 N–H and O–H groups in total. The van der Waals surface area contributed by atoms with Crippen molar-refractivity contribution >= 4 is 17.5 Å². The van der Waals surface area contributed by atoms with Gasteiger partial charge in [0.15, 0.2) is 0 Å². The maximum atomic E-state index is 12.4. The molecule has 0 bridgehead atoms. The summed E-state index contributed by atoms with van der Waals surface area (Å²) in [7, 11) is 1.62. The van der Waals surface area contributed by atoms with E-state index in [4.69, 9.17) is 9.47 Å². The number of carbonyl (C=O) groups excluding carboxylic acids is 2. The van der Waals surface area contributed by atoms with E-state index in [1.54, 1.807) is 55.6 Å². The highest BCUT2D eigenvalue weighted by Gasteiger charge is 2.09. The second-order valence-corrected chi connectivity index (χ2v) is 6.01. The lowest BCUT2D eigenvalue weighted by molar-refractivity contribution is 0.0947. The van der Waals surface area contributed by atoms with Gasteiger partial charge in [0.2, 0.25) is 0 Å². The lowest BCUT2D eigenvalue weighted by Crippen LogP contribution is -2.25. The van der Waals surface area contributed by atoms with Crippen LogP contribution in [0.2, 0.25) is 0 Å². The van der Waals surface area contributed by atoms with Gasteiger partial charge in [-0.05, 0) is 55.3 Å². The molecule has 0 saturated heterocycles. The minimum absolute atomic E-state index is 0.181. The zero-order valence-corrected chi connectivity index (χ0v) is 15.8. The fourth-order valence-corrected chi connectivity index (χ4v) is 2.38. The molecule has 2 rings (SSSR count). The summed E-state index contributed by atoms with van der Waals surface area (Å²) < 4.78 is 10.5. The third kappa shape index (κ3) is 6.75. The van der Waals surface area contributed by atoms with Gasteiger partial charge in [0.05, 0.1) is 6.61 Å². The maximum Gasteiger partial charge on any atom is 0.255 e. The van der Waals surface area contributed by atoms with E-state index in [0.29, 0.717) is 36.6 Å². The average molecular weight is 370 g/mol. The molecular weight excluding hydrogens is 344 g/mol. The molecule has 144 valence electrons. The van der Waals surface area contributed by atoms with E-state index >= 15 is 0 Å². The summed E-state index contributed by atoms with van der Waals surface area (Å²) in [6, 6.07) is 13.8. The number of benzene rings is 2. The number of amides is 2. The van der Waals surface area contributed by atoms with Crippen LogP contribution in [0.4, 0.5) is 5.69 Å². The smallest absolute Gasteiger partial charge is 0.255 e. The molecular formula is C21H26N2O4. The Morgan fingerprint density at radius 1 is 0.963 bits per heavy atom. The molecule has 2 aromatic rings. The van der Waals surface area contributed by atoms with Crippen molar-refractivity contribution in [3.63, 3.8) is 0 Å². The first-order valence-electron chi connectivity index (χ1n) is 9.05. The van der Waals surface area contributed by atoms with Crippen LogP contribution in [0.25, 0.3) is 0 Å². The maximum absolute atomic E-state index is 12.4. The first-order valence-corrected chi connectivity index (χ1v) is 9.05. The highest BCUT2D eigenvalue weighted by molar-refractivity contribution is 6.05. The van der Waals surface area contributed by atoms with Gasteiger partial charge in [-0.2, -0.15) is 0 Å². The van der Waals surface area contributed by atoms with Gasteiger partial charge in [0.25, 0.3) is 11.8 Å². The normalized spacial score (nSPS) is 10.3. The van der Waals surface area contributed by atoms with E-state index in [2.05, 4.69) is 10.6 Å². The van der Waals surface area contributed by atoms with E-state index in [1.165, 1.54) is 0 Å². The average Bonchev–Trinajstić information content (AvgIpc) is 2.70. The first-order chi connectivity index (χ1) is 13.1. The van der Waals surface area contributed by atoms with Gasteiger partial charge in [0, 0.05) is 37.1 Å². The summed E-state index contributed by atoms with van der Waals surface area (Å²) in [6.07, 6.45) is 1.68. The summed E-state index contributed by atoms with van der Waals surface area (Å²) in [5.74, 6) is 0.315. The molecule has 0 aliphatic heterocycles. The number of carbonyl (C=O) groups is 2. The fourth-order valence-electron chi connectivity index (χ4n) is 2.38. The van der Waals surface area contributed by atoms with Crippen LogP contribution < -0.4 is 15.4 Å². The van der Waals surface area contributed by atoms with Gasteiger partial charge in [-0.1, -0.05) is 13.0 Å². The zero-order valence-electron chi connectivity index (χ0n) is 15.8. The van der Waals surface area contributed by atoms with Crippen molar-refractivity contribution in [3.05, 3.63) is 59.7 Å². The van der Waals surface area contributed by atoms with Crippen molar-refractivity contribution in [2.45, 2.75) is 19.8 Å². The van der Waals surface area contributed by atoms with Crippen molar-refractivity contribution in [2.24, 2.45) is 0 Å². The molecule has 0 aromatic heterocycles. The zero-order chi connectivity index (χ0) is 19.5. The van der Waals surface area contributed by atoms with Crippen LogP contribution in [0.3, 0.4) is 0 Å². The summed E-state index contributed by atoms with van der Waals surface area (Å²) in [6.45, 7) is 3.82. The molecule has 0 fully saturated rings. The Labute approximate surface area is 159 Å². The van der Waals surface area contributed by atoms with Crippen molar-refractivity contribution in [3.8, 4) is 5.75 Å². The molecule has 0 atom stereocenters. The van der Waals surface area contributed by atoms with Crippen LogP contribution in [0.15, 0.2) is 48.5 Å². The molecule has 0 saturated carbocycles. The van der Waals surface area contributed by atoms with Crippen molar-refractivity contribution in [1.82, 2.24) is 5.32 Å². The monoisotopic (exact) mass is 370 g/mol. The number of hydrogen-bond donors (Lipinski definition) is 2. The minimum Gasteiger partial charge on any atom is -0.494 e. The highest BCUT2D eigenvalue weighted by atomic mass is 16.5. The van der Waals surface area contributed by atoms with Gasteiger partial charge < -0.3 is 20.1 Å². The summed E-state index contributed by atoms with van der Waals surface area (Å²) >= 11 is 0. The molecule has 0 heterocycles. The number of ether oxygens (including phenoxy) is 2. The predicted molar refractivity (Wildman–Crippen MR) is 105 cm³/mol. The second-order valence-electron chi connectivity index (χ2n) is 6.01. The van der Waals surface area contributed by atoms with Crippen LogP contribution >= 0.6 is 0 Å². The molecule has 0 radical (unpaired) electrons. The quantitative estimate of drug-likeness (QED) is 0.628. The summed E-state index contributed by atoms with van der Waals surface area (Å²) in [4.78, 5) is 24.6. The van der Waals surface area contributed by atoms with Crippen LogP contribution in [0, 0.1) is 0 Å². The second kappa shape index (κ2) is 11.0. The van der Waals surface area contributed by atoms with Crippen molar-refractivity contribution in [1.29, 1.82) is 0 Å². The third-order valence-corrected chi connectivity index (χ3v) is 3.78. The summed E-state index contributed by atoms with van der Waals surface area (Å²) in [5, 5.41) is 5.64. The topological polar surface area (TPSA) is 76.7 Å². The third-order valence-electron chi connectivity index (χ3n) is 3.78. The predicted octanol–water partition coefficient (Wildman–Crippen LogP) is 3.49. The molecule has 0 spiro atoms. The van der Waals surface area contributed by atoms with E-state index in [1.807, 2.05) is 6.92 Å². The number of methoxy groups -OCH3 is 1. The number of nitrogens with one attached hydrogen (secondary N) is 2. The number of hydrogen-bond acceptors (Lipinski definition) is 4. The van der Waals surface area contributed by atoms with Crippen LogP contribution in [0.1, 0.15) is 40.5 Å². The first kappa shape index (κ1) is 20.5. The molecule has 0 aliphatic carbocycles. The van der Waals surface area contributed by atoms with Gasteiger partial charge >= 0.3 is 0 Å². The molecule has 6 heteroatoms. The van der Waals surface area contributed by atoms with Gasteiger partial charge in [-0.25, -0.2) is 0 Å². The van der Waals surface area contributed by atoms with E-state index < -0.39 is 0 Å². The summed E-state index contributed by atoms with van der Waals surface area (Å²) in [5.41, 5.74) is 1.58. The Kier molecular flexibility index (Phi) is 8.32. The molecule has 27 heavy (non-hydrogen) atoms. The molecule has 2 aromatic carbocycles. The van der Waals surface area contributed by atoms with E-state index in [0.717, 1.165) is 18.6 Å². The lowest BCUT2D eigenvalue weighted by atomic mass is 10.1. The van der Waals surface area contributed by atoms with Crippen molar-refractivity contribution < 1.29 is 19.1 Å². The largest absolute Gasteiger partial charge is 0.494 e. The molecule has 6 nitrogen and oxygen atoms in total. The van der Waals surface area contributed by atoms with Crippen molar-refractivity contribution in [2.75, 3.05) is 32.2 Å². The number of anilines is 1. The number of rotatable bonds is 10. The Balaban J connectivity index is 1.94. The lowest BCUT2D eigenvalue weighted by Gasteiger charge is -2.09. The van der Waals surface area contributed by atoms with Crippen LogP contribution in [-0.2, 0) is 4.74 Å².